The van der Waals surface area contributed by atoms with Crippen LogP contribution in [0.3, 0.4) is 0 Å². The van der Waals surface area contributed by atoms with E-state index in [-0.39, 0.29) is 54.9 Å². The number of rotatable bonds is 9. The fourth-order valence-electron chi connectivity index (χ4n) is 9.39. The number of anilines is 2. The molecule has 3 unspecified atom stereocenters. The first kappa shape index (κ1) is 39.4. The number of esters is 1. The Morgan fingerprint density at radius 1 is 0.982 bits per heavy atom. The van der Waals surface area contributed by atoms with Crippen molar-refractivity contribution in [2.75, 3.05) is 36.9 Å². The number of carbonyl (C=O) groups excluding carboxylic acids is 3. The third-order valence-electron chi connectivity index (χ3n) is 12.5. The summed E-state index contributed by atoms with van der Waals surface area (Å²) in [5.74, 6) is 1.38. The lowest BCUT2D eigenvalue weighted by Crippen LogP contribution is -2.57. The Labute approximate surface area is 328 Å². The normalized spacial score (nSPS) is 27.1. The number of hydrogen-bond acceptors (Lipinski definition) is 12. The van der Waals surface area contributed by atoms with Crippen LogP contribution in [0.25, 0.3) is 11.3 Å². The van der Waals surface area contributed by atoms with Crippen LogP contribution < -0.4 is 16.0 Å². The van der Waals surface area contributed by atoms with Crippen LogP contribution in [0.4, 0.5) is 11.5 Å². The topological polar surface area (TPSA) is 197 Å². The van der Waals surface area contributed by atoms with Gasteiger partial charge in [-0.15, -0.1) is 10.2 Å². The molecule has 5 aliphatic rings. The average molecular weight is 769 g/mol. The van der Waals surface area contributed by atoms with Crippen molar-refractivity contribution in [3.05, 3.63) is 54.1 Å². The average Bonchev–Trinajstić information content (AvgIpc) is 3.34. The number of ether oxygens (including phenoxy) is 1. The number of aliphatic hydroxyl groups is 1. The van der Waals surface area contributed by atoms with Gasteiger partial charge >= 0.3 is 5.97 Å². The van der Waals surface area contributed by atoms with Gasteiger partial charge in [-0.2, -0.15) is 0 Å². The molecule has 14 nitrogen and oxygen atoms in total. The van der Waals surface area contributed by atoms with Crippen LogP contribution in [-0.4, -0.2) is 97.5 Å². The van der Waals surface area contributed by atoms with Crippen LogP contribution in [0.5, 0.6) is 5.75 Å². The molecule has 3 aromatic rings. The van der Waals surface area contributed by atoms with Crippen LogP contribution in [0.1, 0.15) is 102 Å². The highest BCUT2D eigenvalue weighted by Gasteiger charge is 2.46. The van der Waals surface area contributed by atoms with Crippen LogP contribution in [0.15, 0.2) is 42.7 Å². The molecule has 0 spiro atoms. The maximum atomic E-state index is 13.8. The highest BCUT2D eigenvalue weighted by Crippen LogP contribution is 2.45. The van der Waals surface area contributed by atoms with E-state index in [2.05, 4.69) is 20.4 Å². The summed E-state index contributed by atoms with van der Waals surface area (Å²) in [6.45, 7) is 9.25. The van der Waals surface area contributed by atoms with Crippen LogP contribution in [-0.2, 0) is 19.1 Å². The third-order valence-corrected chi connectivity index (χ3v) is 12.5. The predicted molar refractivity (Wildman–Crippen MR) is 210 cm³/mol. The van der Waals surface area contributed by atoms with Gasteiger partial charge < -0.3 is 35.8 Å². The van der Waals surface area contributed by atoms with Crippen molar-refractivity contribution in [1.82, 2.24) is 30.4 Å². The van der Waals surface area contributed by atoms with E-state index in [4.69, 9.17) is 20.4 Å². The molecule has 0 radical (unpaired) electrons. The molecular formula is C42H56N8O6. The number of nitrogens with two attached hydrogens (primary N) is 1. The first-order valence-electron chi connectivity index (χ1n) is 20.2. The van der Waals surface area contributed by atoms with E-state index in [1.165, 1.54) is 4.90 Å². The maximum absolute atomic E-state index is 13.8. The highest BCUT2D eigenvalue weighted by atomic mass is 16.5. The van der Waals surface area contributed by atoms with Gasteiger partial charge in [-0.05, 0) is 98.8 Å². The highest BCUT2D eigenvalue weighted by molar-refractivity contribution is 5.92. The summed E-state index contributed by atoms with van der Waals surface area (Å²) in [6, 6.07) is 7.32. The molecule has 2 bridgehead atoms. The lowest BCUT2D eigenvalue weighted by Gasteiger charge is -2.36. The second-order valence-corrected chi connectivity index (χ2v) is 17.3. The minimum Gasteiger partial charge on any atom is -0.507 e. The number of phenolic OH excluding ortho intramolecular Hbond substituents is 1. The summed E-state index contributed by atoms with van der Waals surface area (Å²) in [4.78, 5) is 53.7. The minimum atomic E-state index is -0.870. The molecule has 6 atom stereocenters. The Bertz CT molecular complexity index is 1890. The van der Waals surface area contributed by atoms with Gasteiger partial charge in [0, 0.05) is 55.8 Å². The van der Waals surface area contributed by atoms with Gasteiger partial charge in [-0.1, -0.05) is 32.9 Å². The molecule has 300 valence electrons. The smallest absolute Gasteiger partial charge is 0.328 e. The molecule has 5 fully saturated rings. The quantitative estimate of drug-likeness (QED) is 0.222. The van der Waals surface area contributed by atoms with Gasteiger partial charge in [0.1, 0.15) is 23.7 Å². The van der Waals surface area contributed by atoms with Crippen molar-refractivity contribution < 1.29 is 29.3 Å². The number of aromatic hydroxyl groups is 1. The fraction of sp³-hybridized carbons (Fsp3) is 0.595. The van der Waals surface area contributed by atoms with Crippen molar-refractivity contribution >= 4 is 29.3 Å². The second-order valence-electron chi connectivity index (χ2n) is 17.3. The first-order chi connectivity index (χ1) is 26.8. The molecule has 5 heterocycles. The summed E-state index contributed by atoms with van der Waals surface area (Å²) >= 11 is 0. The SMILES string of the molecule is CCOC(=O)[C@@H]1C[C@@H](O)CN1C(=O)[C@@H](NC(=O)[C@H]1CC[C@H](c2cnc(C3CC4CCC3CN(c3cc(-c5ccccc5O)nnc3N)C4)nc2)CC1)C(C)(C)C. The van der Waals surface area contributed by atoms with Gasteiger partial charge in [0.15, 0.2) is 5.82 Å². The van der Waals surface area contributed by atoms with Crippen LogP contribution in [0.2, 0.25) is 0 Å². The van der Waals surface area contributed by atoms with Crippen molar-refractivity contribution in [2.45, 2.75) is 109 Å². The number of para-hydroxylation sites is 1. The summed E-state index contributed by atoms with van der Waals surface area (Å²) in [7, 11) is 0. The molecule has 14 heteroatoms. The number of aliphatic hydroxyl groups excluding tert-OH is 1. The summed E-state index contributed by atoms with van der Waals surface area (Å²) in [5.41, 5.74) is 8.90. The molecule has 5 N–H and O–H groups in total. The number of benzene rings is 1. The van der Waals surface area contributed by atoms with E-state index in [1.54, 1.807) is 19.1 Å². The Morgan fingerprint density at radius 3 is 2.41 bits per heavy atom. The molecule has 8 rings (SSSR count). The number of hydrogen-bond donors (Lipinski definition) is 4. The zero-order valence-electron chi connectivity index (χ0n) is 32.9. The molecule has 2 amide bonds. The molecule has 56 heavy (non-hydrogen) atoms. The fourth-order valence-corrected chi connectivity index (χ4v) is 9.39. The van der Waals surface area contributed by atoms with Crippen molar-refractivity contribution in [3.63, 3.8) is 0 Å². The van der Waals surface area contributed by atoms with Crippen molar-refractivity contribution in [2.24, 2.45) is 23.2 Å². The molecular weight excluding hydrogens is 713 g/mol. The lowest BCUT2D eigenvalue weighted by atomic mass is 9.75. The number of nitrogens with one attached hydrogen (secondary N) is 1. The number of likely N-dealkylation sites (tertiary alicyclic amines) is 1. The number of amides is 2. The van der Waals surface area contributed by atoms with Gasteiger partial charge in [-0.25, -0.2) is 14.8 Å². The Balaban J connectivity index is 0.964. The Morgan fingerprint density at radius 2 is 1.71 bits per heavy atom. The Kier molecular flexibility index (Phi) is 11.5. The Hall–Kier alpha value is -4.85. The molecule has 2 aromatic heterocycles. The zero-order valence-corrected chi connectivity index (χ0v) is 32.9. The number of carbonyl (C=O) groups is 3. The minimum absolute atomic E-state index is 0.0261. The summed E-state index contributed by atoms with van der Waals surface area (Å²) in [5, 5.41) is 32.4. The number of nitrogen functional groups attached to an aromatic ring is 1. The second kappa shape index (κ2) is 16.3. The van der Waals surface area contributed by atoms with Crippen LogP contribution >= 0.6 is 0 Å². The number of aromatic nitrogens is 4. The van der Waals surface area contributed by atoms with Gasteiger partial charge in [0.25, 0.3) is 0 Å². The van der Waals surface area contributed by atoms with Crippen molar-refractivity contribution in [1.29, 1.82) is 0 Å². The predicted octanol–water partition coefficient (Wildman–Crippen LogP) is 4.57. The standard InChI is InChI=1S/C42H56N8O6/c1-5-56-41(55)34-17-29(51)23-50(34)40(54)36(42(2,3)4)46-39(53)26-14-12-25(13-15-26)28-19-44-38(45-20-28)31-16-24-10-11-27(31)22-49(21-24)33-18-32(47-48-37(33)43)30-8-6-7-9-35(30)52/h6-9,18-20,24-27,29,31,34,36,51-52H,5,10-17,21-23H2,1-4H3,(H2,43,48)(H,46,53)/t24?,25-,26-,27?,29-,31?,34+,36-/m1/s1. The zero-order chi connectivity index (χ0) is 39.7. The van der Waals surface area contributed by atoms with E-state index >= 15 is 0 Å². The number of nitrogens with zero attached hydrogens (tertiary/aromatic N) is 6. The van der Waals surface area contributed by atoms with Gasteiger partial charge in [-0.3, -0.25) is 9.59 Å². The molecule has 3 saturated heterocycles. The first-order valence-corrected chi connectivity index (χ1v) is 20.2. The lowest BCUT2D eigenvalue weighted by molar-refractivity contribution is -0.155. The molecule has 1 aromatic carbocycles. The van der Waals surface area contributed by atoms with E-state index in [0.717, 1.165) is 62.3 Å². The van der Waals surface area contributed by atoms with Gasteiger partial charge in [0.2, 0.25) is 11.8 Å². The van der Waals surface area contributed by atoms with E-state index in [1.807, 2.05) is 51.4 Å². The van der Waals surface area contributed by atoms with E-state index in [9.17, 15) is 24.6 Å². The number of phenols is 1. The maximum Gasteiger partial charge on any atom is 0.328 e. The molecule has 2 saturated carbocycles. The molecule has 3 aliphatic heterocycles. The summed E-state index contributed by atoms with van der Waals surface area (Å²) < 4.78 is 5.18. The number of fused-ring (bicyclic) bond motifs is 4. The van der Waals surface area contributed by atoms with Crippen molar-refractivity contribution in [3.8, 4) is 17.0 Å². The van der Waals surface area contributed by atoms with Crippen LogP contribution in [0, 0.1) is 23.2 Å². The molecule has 2 aliphatic carbocycles. The number of β-amino-alcohol motifs (C(OH)–C–C–N with tert-alkyl or cyclic N) is 1. The largest absolute Gasteiger partial charge is 0.507 e. The third kappa shape index (κ3) is 8.30. The van der Waals surface area contributed by atoms with E-state index < -0.39 is 29.6 Å². The van der Waals surface area contributed by atoms with E-state index in [0.29, 0.717) is 41.8 Å². The van der Waals surface area contributed by atoms with Gasteiger partial charge in [0.05, 0.1) is 24.1 Å². The monoisotopic (exact) mass is 768 g/mol. The summed E-state index contributed by atoms with van der Waals surface area (Å²) in [6.07, 6.45) is 9.45.